The van der Waals surface area contributed by atoms with Crippen LogP contribution in [0.4, 0.5) is 0 Å². The first-order valence-corrected chi connectivity index (χ1v) is 10.7. The maximum Gasteiger partial charge on any atom is 0.244 e. The van der Waals surface area contributed by atoms with Gasteiger partial charge in [-0.15, -0.1) is 0 Å². The third kappa shape index (κ3) is 4.99. The first-order chi connectivity index (χ1) is 14.7. The summed E-state index contributed by atoms with van der Waals surface area (Å²) in [5.41, 5.74) is 3.55. The number of amides is 1. The molecule has 1 amide bonds. The minimum atomic E-state index is 0.0876. The largest absolute Gasteiger partial charge is 0.364 e. The van der Waals surface area contributed by atoms with Crippen LogP contribution in [-0.4, -0.2) is 77.5 Å². The molecule has 1 saturated heterocycles. The van der Waals surface area contributed by atoms with Gasteiger partial charge in [-0.3, -0.25) is 9.69 Å². The third-order valence-electron chi connectivity index (χ3n) is 5.73. The van der Waals surface area contributed by atoms with Crippen molar-refractivity contribution in [3.63, 3.8) is 0 Å². The summed E-state index contributed by atoms with van der Waals surface area (Å²) in [7, 11) is 0. The van der Waals surface area contributed by atoms with Gasteiger partial charge in [0.2, 0.25) is 5.91 Å². The summed E-state index contributed by atoms with van der Waals surface area (Å²) in [6.07, 6.45) is 2.53. The lowest BCUT2D eigenvalue weighted by molar-refractivity contribution is -0.130. The Morgan fingerprint density at radius 1 is 1.10 bits per heavy atom. The predicted octanol–water partition coefficient (Wildman–Crippen LogP) is 1.34. The Labute approximate surface area is 177 Å². The number of nitrogens with one attached hydrogen (secondary N) is 1. The maximum atomic E-state index is 12.8. The van der Waals surface area contributed by atoms with Crippen LogP contribution in [0.15, 0.2) is 46.1 Å². The van der Waals surface area contributed by atoms with Gasteiger partial charge in [0.1, 0.15) is 12.8 Å². The zero-order valence-electron chi connectivity index (χ0n) is 17.6. The quantitative estimate of drug-likeness (QED) is 0.592. The molecule has 8 nitrogen and oxygen atoms in total. The minimum Gasteiger partial charge on any atom is -0.364 e. The van der Waals surface area contributed by atoms with Gasteiger partial charge in [0.15, 0.2) is 5.96 Å². The van der Waals surface area contributed by atoms with Crippen LogP contribution in [0.25, 0.3) is 0 Å². The summed E-state index contributed by atoms with van der Waals surface area (Å²) >= 11 is 0. The van der Waals surface area contributed by atoms with Gasteiger partial charge in [0, 0.05) is 58.4 Å². The molecule has 0 bridgehead atoms. The van der Waals surface area contributed by atoms with Gasteiger partial charge < -0.3 is 19.6 Å². The molecule has 160 valence electrons. The van der Waals surface area contributed by atoms with Crippen molar-refractivity contribution in [2.45, 2.75) is 26.4 Å². The number of carbonyl (C=O) groups excluding carboxylic acids is 1. The second-order valence-corrected chi connectivity index (χ2v) is 7.76. The van der Waals surface area contributed by atoms with Crippen LogP contribution < -0.4 is 5.32 Å². The highest BCUT2D eigenvalue weighted by Gasteiger charge is 2.22. The van der Waals surface area contributed by atoms with Crippen LogP contribution in [0, 0.1) is 0 Å². The molecule has 1 N–H and O–H groups in total. The van der Waals surface area contributed by atoms with Gasteiger partial charge in [-0.05, 0) is 24.5 Å². The molecule has 0 saturated carbocycles. The van der Waals surface area contributed by atoms with Gasteiger partial charge >= 0.3 is 0 Å². The van der Waals surface area contributed by atoms with Gasteiger partial charge in [-0.1, -0.05) is 29.4 Å². The number of piperazine rings is 1. The highest BCUT2D eigenvalue weighted by molar-refractivity contribution is 5.85. The number of guanidine groups is 1. The highest BCUT2D eigenvalue weighted by atomic mass is 16.5. The molecule has 1 fully saturated rings. The fourth-order valence-electron chi connectivity index (χ4n) is 4.04. The lowest BCUT2D eigenvalue weighted by Gasteiger charge is -2.36. The van der Waals surface area contributed by atoms with Crippen LogP contribution in [-0.2, 0) is 24.3 Å². The van der Waals surface area contributed by atoms with Crippen molar-refractivity contribution in [1.82, 2.24) is 25.2 Å². The van der Waals surface area contributed by atoms with Crippen LogP contribution in [0.2, 0.25) is 0 Å². The van der Waals surface area contributed by atoms with Gasteiger partial charge in [0.05, 0.1) is 5.69 Å². The van der Waals surface area contributed by atoms with Crippen molar-refractivity contribution >= 4 is 11.9 Å². The topological polar surface area (TPSA) is 77.2 Å². The number of hydrogen-bond acceptors (Lipinski definition) is 5. The Morgan fingerprint density at radius 3 is 2.63 bits per heavy atom. The summed E-state index contributed by atoms with van der Waals surface area (Å²) in [5, 5.41) is 7.34. The SMILES string of the molecule is CCNC(=NCC(=O)N1CCc2ccccc2C1)N1CCN(Cc2ccon2)CC1. The molecule has 1 aromatic carbocycles. The zero-order valence-corrected chi connectivity index (χ0v) is 17.6. The van der Waals surface area contributed by atoms with E-state index in [1.165, 1.54) is 11.1 Å². The maximum absolute atomic E-state index is 12.8. The Bertz CT molecular complexity index is 858. The van der Waals surface area contributed by atoms with Crippen molar-refractivity contribution in [2.75, 3.05) is 45.8 Å². The van der Waals surface area contributed by atoms with E-state index in [-0.39, 0.29) is 12.5 Å². The van der Waals surface area contributed by atoms with Crippen LogP contribution >= 0.6 is 0 Å². The average molecular weight is 411 g/mol. The van der Waals surface area contributed by atoms with E-state index in [2.05, 4.69) is 50.4 Å². The average Bonchev–Trinajstić information content (AvgIpc) is 3.30. The molecule has 0 radical (unpaired) electrons. The third-order valence-corrected chi connectivity index (χ3v) is 5.73. The molecule has 2 aromatic rings. The molecule has 8 heteroatoms. The van der Waals surface area contributed by atoms with Gasteiger partial charge in [-0.2, -0.15) is 0 Å². The predicted molar refractivity (Wildman–Crippen MR) is 115 cm³/mol. The zero-order chi connectivity index (χ0) is 20.8. The van der Waals surface area contributed by atoms with E-state index >= 15 is 0 Å². The minimum absolute atomic E-state index is 0.0876. The van der Waals surface area contributed by atoms with E-state index in [4.69, 9.17) is 4.52 Å². The number of benzene rings is 1. The van der Waals surface area contributed by atoms with E-state index in [0.29, 0.717) is 6.54 Å². The number of fused-ring (bicyclic) bond motifs is 1. The Kier molecular flexibility index (Phi) is 6.63. The monoisotopic (exact) mass is 410 g/mol. The van der Waals surface area contributed by atoms with Crippen LogP contribution in [0.1, 0.15) is 23.7 Å². The standard InChI is InChI=1S/C22H30N6O2/c1-2-23-22(27-12-10-26(11-13-27)17-20-8-14-30-25-20)24-15-21(29)28-9-7-18-5-3-4-6-19(18)16-28/h3-6,8,14H,2,7,9-13,15-17H2,1H3,(H,23,24). The number of nitrogens with zero attached hydrogens (tertiary/aromatic N) is 5. The molecular weight excluding hydrogens is 380 g/mol. The number of aliphatic imine (C=N–C) groups is 1. The number of aromatic nitrogens is 1. The van der Waals surface area contributed by atoms with Crippen molar-refractivity contribution < 1.29 is 9.32 Å². The second kappa shape index (κ2) is 9.75. The van der Waals surface area contributed by atoms with E-state index in [1.807, 2.05) is 17.0 Å². The van der Waals surface area contributed by atoms with E-state index in [0.717, 1.165) is 63.9 Å². The van der Waals surface area contributed by atoms with Gasteiger partial charge in [0.25, 0.3) is 0 Å². The fourth-order valence-corrected chi connectivity index (χ4v) is 4.04. The van der Waals surface area contributed by atoms with Gasteiger partial charge in [-0.25, -0.2) is 4.99 Å². The summed E-state index contributed by atoms with van der Waals surface area (Å²) in [4.78, 5) is 24.0. The Morgan fingerprint density at radius 2 is 1.90 bits per heavy atom. The smallest absolute Gasteiger partial charge is 0.244 e. The molecule has 0 unspecified atom stereocenters. The van der Waals surface area contributed by atoms with Crippen LogP contribution in [0.5, 0.6) is 0 Å². The lowest BCUT2D eigenvalue weighted by atomic mass is 10.00. The molecule has 3 heterocycles. The summed E-state index contributed by atoms with van der Waals surface area (Å²) in [6.45, 7) is 8.86. The highest BCUT2D eigenvalue weighted by Crippen LogP contribution is 2.18. The van der Waals surface area contributed by atoms with Crippen molar-refractivity contribution in [1.29, 1.82) is 0 Å². The summed E-state index contributed by atoms with van der Waals surface area (Å²) in [6, 6.07) is 10.3. The fraction of sp³-hybridized carbons (Fsp3) is 0.500. The number of hydrogen-bond donors (Lipinski definition) is 1. The van der Waals surface area contributed by atoms with E-state index < -0.39 is 0 Å². The Hall–Kier alpha value is -2.87. The number of rotatable bonds is 5. The summed E-state index contributed by atoms with van der Waals surface area (Å²) < 4.78 is 4.92. The first kappa shape index (κ1) is 20.4. The lowest BCUT2D eigenvalue weighted by Crippen LogP contribution is -2.52. The van der Waals surface area contributed by atoms with E-state index in [9.17, 15) is 4.79 Å². The van der Waals surface area contributed by atoms with Crippen molar-refractivity contribution in [2.24, 2.45) is 4.99 Å². The number of carbonyl (C=O) groups is 1. The van der Waals surface area contributed by atoms with Crippen molar-refractivity contribution in [3.05, 3.63) is 53.4 Å². The second-order valence-electron chi connectivity index (χ2n) is 7.76. The molecule has 2 aliphatic rings. The molecule has 2 aliphatic heterocycles. The molecule has 4 rings (SSSR count). The van der Waals surface area contributed by atoms with Crippen molar-refractivity contribution in [3.8, 4) is 0 Å². The normalized spacial score (nSPS) is 17.7. The molecule has 0 aliphatic carbocycles. The van der Waals surface area contributed by atoms with Crippen LogP contribution in [0.3, 0.4) is 0 Å². The molecule has 30 heavy (non-hydrogen) atoms. The molecule has 0 atom stereocenters. The summed E-state index contributed by atoms with van der Waals surface area (Å²) in [5.74, 6) is 0.911. The molecule has 1 aromatic heterocycles. The Balaban J connectivity index is 1.31. The van der Waals surface area contributed by atoms with E-state index in [1.54, 1.807) is 6.26 Å². The first-order valence-electron chi connectivity index (χ1n) is 10.7. The molecular formula is C22H30N6O2. The molecule has 0 spiro atoms.